The van der Waals surface area contributed by atoms with Crippen LogP contribution in [-0.2, 0) is 21.8 Å². The Balaban J connectivity index is 1.89. The Bertz CT molecular complexity index is 963. The maximum atomic E-state index is 12.3. The van der Waals surface area contributed by atoms with Gasteiger partial charge in [-0.15, -0.1) is 0 Å². The number of benzene rings is 2. The molecule has 1 N–H and O–H groups in total. The molecular weight excluding hydrogens is 475 g/mol. The van der Waals surface area contributed by atoms with Gasteiger partial charge in [-0.3, -0.25) is 0 Å². The van der Waals surface area contributed by atoms with E-state index in [4.69, 9.17) is 14.6 Å². The van der Waals surface area contributed by atoms with Crippen LogP contribution in [0.1, 0.15) is 44.7 Å². The summed E-state index contributed by atoms with van der Waals surface area (Å²) in [5.41, 5.74) is 1.67. The van der Waals surface area contributed by atoms with Crippen molar-refractivity contribution in [3.63, 3.8) is 0 Å². The van der Waals surface area contributed by atoms with E-state index in [2.05, 4.69) is 26.8 Å². The Kier molecular flexibility index (Phi) is 7.77. The summed E-state index contributed by atoms with van der Waals surface area (Å²) >= 11 is 1.32. The molecule has 31 heavy (non-hydrogen) atoms. The molecule has 0 amide bonds. The van der Waals surface area contributed by atoms with Crippen LogP contribution in [0.15, 0.2) is 36.4 Å². The normalized spacial score (nSPS) is 14.1. The summed E-state index contributed by atoms with van der Waals surface area (Å²) in [6.45, 7) is 6.51. The molecule has 5 nitrogen and oxygen atoms in total. The van der Waals surface area contributed by atoms with Gasteiger partial charge in [-0.25, -0.2) is 0 Å². The van der Waals surface area contributed by atoms with E-state index in [0.717, 1.165) is 28.5 Å². The molecule has 1 fully saturated rings. The van der Waals surface area contributed by atoms with Crippen molar-refractivity contribution in [2.24, 2.45) is 5.92 Å². The van der Waals surface area contributed by atoms with Crippen molar-refractivity contribution in [1.82, 2.24) is 0 Å². The first-order chi connectivity index (χ1) is 14.6. The first-order valence-electron chi connectivity index (χ1n) is 10.2. The summed E-state index contributed by atoms with van der Waals surface area (Å²) in [7, 11) is 1.56. The van der Waals surface area contributed by atoms with Crippen LogP contribution in [0.3, 0.4) is 0 Å². The fourth-order valence-electron chi connectivity index (χ4n) is 2.89. The van der Waals surface area contributed by atoms with E-state index in [-0.39, 0.29) is 17.1 Å². The van der Waals surface area contributed by atoms with Gasteiger partial charge < -0.3 is 0 Å². The van der Waals surface area contributed by atoms with E-state index in [1.165, 1.54) is 0 Å². The molecule has 0 aromatic heterocycles. The van der Waals surface area contributed by atoms with Crippen molar-refractivity contribution < 1.29 is 24.2 Å². The van der Waals surface area contributed by atoms with Crippen LogP contribution < -0.4 is 13.8 Å². The molecule has 2 aromatic rings. The summed E-state index contributed by atoms with van der Waals surface area (Å²) in [5, 5.41) is 9.11. The third-order valence-electron chi connectivity index (χ3n) is 4.67. The molecule has 1 radical (unpaired) electrons. The number of carbonyl (C=O) groups excluding carboxylic acids is 1. The maximum absolute atomic E-state index is 12.3. The molecule has 165 valence electrons. The number of rotatable bonds is 10. The first-order valence-corrected chi connectivity index (χ1v) is 13.1. The number of hydrogen-bond acceptors (Lipinski definition) is 5. The molecule has 0 spiro atoms. The third kappa shape index (κ3) is 7.32. The second kappa shape index (κ2) is 10.1. The average molecular weight is 503 g/mol. The number of aliphatic carboxylic acids is 1. The summed E-state index contributed by atoms with van der Waals surface area (Å²) in [6.07, 6.45) is 1.99. The first kappa shape index (κ1) is 23.7. The van der Waals surface area contributed by atoms with E-state index < -0.39 is 21.7 Å². The van der Waals surface area contributed by atoms with Crippen LogP contribution in [0.25, 0.3) is 0 Å². The Labute approximate surface area is 194 Å². The van der Waals surface area contributed by atoms with Crippen molar-refractivity contribution in [2.45, 2.75) is 50.5 Å². The molecule has 1 aliphatic carbocycles. The average Bonchev–Trinajstić information content (AvgIpc) is 3.52. The van der Waals surface area contributed by atoms with Gasteiger partial charge in [0.2, 0.25) is 0 Å². The van der Waals surface area contributed by atoms with Gasteiger partial charge in [-0.2, -0.15) is 0 Å². The Hall–Kier alpha value is -1.91. The summed E-state index contributed by atoms with van der Waals surface area (Å²) in [4.78, 5) is 23.4. The van der Waals surface area contributed by atoms with E-state index in [9.17, 15) is 9.59 Å². The summed E-state index contributed by atoms with van der Waals surface area (Å²) in [6, 6.07) is 11.2. The standard InChI is InChI=1S/C24H28AsO5S/c1-24(2,3)31-14-17-13-18(25-23(28)16-6-7-16)8-10-19(17)30-21-11-15(12-22(26)27)5-9-20(21)29-4/h5,8-11,13,16H,6-7,12,14H2,1-4H3,(H,26,27). The van der Waals surface area contributed by atoms with Crippen molar-refractivity contribution >= 4 is 42.4 Å². The van der Waals surface area contributed by atoms with Crippen LogP contribution in [0, 0.1) is 5.92 Å². The van der Waals surface area contributed by atoms with Crippen molar-refractivity contribution in [3.8, 4) is 17.2 Å². The topological polar surface area (TPSA) is 72.8 Å². The van der Waals surface area contributed by atoms with Gasteiger partial charge in [0, 0.05) is 0 Å². The predicted octanol–water partition coefficient (Wildman–Crippen LogP) is 4.41. The van der Waals surface area contributed by atoms with Gasteiger partial charge in [0.05, 0.1) is 0 Å². The van der Waals surface area contributed by atoms with E-state index >= 15 is 0 Å². The molecule has 1 aliphatic rings. The monoisotopic (exact) mass is 503 g/mol. The van der Waals surface area contributed by atoms with Gasteiger partial charge in [-0.1, -0.05) is 0 Å². The Morgan fingerprint density at radius 3 is 2.42 bits per heavy atom. The number of ether oxygens (including phenoxy) is 2. The van der Waals surface area contributed by atoms with Crippen molar-refractivity contribution in [2.75, 3.05) is 7.11 Å². The second-order valence-corrected chi connectivity index (χ2v) is 12.9. The zero-order valence-electron chi connectivity index (χ0n) is 18.3. The van der Waals surface area contributed by atoms with Crippen LogP contribution in [0.5, 0.6) is 17.2 Å². The van der Waals surface area contributed by atoms with Gasteiger partial charge in [0.1, 0.15) is 0 Å². The van der Waals surface area contributed by atoms with Crippen molar-refractivity contribution in [1.29, 1.82) is 0 Å². The zero-order valence-corrected chi connectivity index (χ0v) is 21.0. The van der Waals surface area contributed by atoms with Crippen LogP contribution in [0.2, 0.25) is 0 Å². The molecular formula is C24H28AsO5S. The van der Waals surface area contributed by atoms with Gasteiger partial charge in [0.15, 0.2) is 0 Å². The third-order valence-corrected chi connectivity index (χ3v) is 8.35. The van der Waals surface area contributed by atoms with E-state index in [1.54, 1.807) is 25.3 Å². The van der Waals surface area contributed by atoms with Crippen LogP contribution in [-0.4, -0.2) is 43.3 Å². The molecule has 0 atom stereocenters. The van der Waals surface area contributed by atoms with Crippen LogP contribution >= 0.6 is 11.8 Å². The predicted molar refractivity (Wildman–Crippen MR) is 125 cm³/mol. The molecule has 3 rings (SSSR count). The van der Waals surface area contributed by atoms with Gasteiger partial charge >= 0.3 is 195 Å². The summed E-state index contributed by atoms with van der Waals surface area (Å²) < 4.78 is 13.2. The fraction of sp³-hybridized carbons (Fsp3) is 0.417. The Morgan fingerprint density at radius 2 is 1.81 bits per heavy atom. The van der Waals surface area contributed by atoms with Crippen LogP contribution in [0.4, 0.5) is 0 Å². The van der Waals surface area contributed by atoms with Crippen molar-refractivity contribution in [3.05, 3.63) is 47.5 Å². The molecule has 7 heteroatoms. The second-order valence-electron chi connectivity index (χ2n) is 8.58. The molecule has 0 saturated heterocycles. The zero-order chi connectivity index (χ0) is 22.6. The molecule has 1 saturated carbocycles. The SMILES string of the molecule is COc1ccc(CC(=O)O)cc1Oc1ccc([As]C(=O)C2CC2)cc1CSC(C)(C)C. The quantitative estimate of drug-likeness (QED) is 0.485. The van der Waals surface area contributed by atoms with E-state index in [0.29, 0.717) is 27.4 Å². The molecule has 0 bridgehead atoms. The number of carbonyl (C=O) groups is 2. The minimum absolute atomic E-state index is 0.0842. The minimum atomic E-state index is -0.897. The number of methoxy groups -OCH3 is 1. The van der Waals surface area contributed by atoms with E-state index in [1.807, 2.05) is 23.9 Å². The molecule has 2 aromatic carbocycles. The number of carboxylic acids is 1. The molecule has 0 aliphatic heterocycles. The number of carboxylic acid groups (broad SMARTS) is 1. The summed E-state index contributed by atoms with van der Waals surface area (Å²) in [5.74, 6) is 1.87. The molecule has 0 unspecified atom stereocenters. The van der Waals surface area contributed by atoms with Gasteiger partial charge in [0.25, 0.3) is 0 Å². The molecule has 0 heterocycles. The Morgan fingerprint density at radius 1 is 1.10 bits per heavy atom. The van der Waals surface area contributed by atoms with Gasteiger partial charge in [-0.05, 0) is 0 Å². The number of hydrogen-bond donors (Lipinski definition) is 1. The fourth-order valence-corrected chi connectivity index (χ4v) is 5.94. The number of thioether (sulfide) groups is 1.